The Hall–Kier alpha value is -1.55. The highest BCUT2D eigenvalue weighted by molar-refractivity contribution is 5.84. The lowest BCUT2D eigenvalue weighted by Crippen LogP contribution is -2.43. The van der Waals surface area contributed by atoms with Gasteiger partial charge in [-0.25, -0.2) is 0 Å². The Morgan fingerprint density at radius 2 is 2.00 bits per heavy atom. The third-order valence-corrected chi connectivity index (χ3v) is 4.29. The van der Waals surface area contributed by atoms with E-state index in [2.05, 4.69) is 17.4 Å². The number of benzene rings is 1. The molecule has 0 spiro atoms. The monoisotopic (exact) mass is 274 g/mol. The van der Waals surface area contributed by atoms with E-state index in [0.29, 0.717) is 12.6 Å². The molecule has 2 atom stereocenters. The third kappa shape index (κ3) is 2.29. The zero-order valence-corrected chi connectivity index (χ0v) is 12.1. The molecule has 0 aromatic heterocycles. The van der Waals surface area contributed by atoms with Crippen molar-refractivity contribution in [2.45, 2.75) is 51.4 Å². The Morgan fingerprint density at radius 1 is 1.30 bits per heavy atom. The zero-order valence-electron chi connectivity index (χ0n) is 12.1. The molecular weight excluding hydrogens is 252 g/mol. The van der Waals surface area contributed by atoms with Gasteiger partial charge in [0.25, 0.3) is 0 Å². The van der Waals surface area contributed by atoms with Crippen LogP contribution in [0.25, 0.3) is 0 Å². The van der Waals surface area contributed by atoms with Crippen molar-refractivity contribution in [2.75, 3.05) is 6.61 Å². The fourth-order valence-corrected chi connectivity index (χ4v) is 2.96. The van der Waals surface area contributed by atoms with E-state index in [4.69, 9.17) is 4.74 Å². The molecule has 2 unspecified atom stereocenters. The molecule has 4 heteroatoms. The van der Waals surface area contributed by atoms with Gasteiger partial charge in [-0.1, -0.05) is 12.1 Å². The highest BCUT2D eigenvalue weighted by Crippen LogP contribution is 2.35. The molecule has 3 rings (SSSR count). The van der Waals surface area contributed by atoms with E-state index in [0.717, 1.165) is 24.2 Å². The highest BCUT2D eigenvalue weighted by atomic mass is 16.5. The van der Waals surface area contributed by atoms with Gasteiger partial charge in [0.1, 0.15) is 11.9 Å². The molecule has 20 heavy (non-hydrogen) atoms. The minimum absolute atomic E-state index is 0.0125. The SMILES string of the molecule is CCOc1ccc(C2NC(C)C(=O)N2C2CCC2)cc1. The Kier molecular flexibility index (Phi) is 3.66. The number of nitrogens with one attached hydrogen (secondary N) is 1. The molecular formula is C16H22N2O2. The number of hydrogen-bond donors (Lipinski definition) is 1. The Balaban J connectivity index is 1.81. The molecule has 1 saturated heterocycles. The van der Waals surface area contributed by atoms with E-state index >= 15 is 0 Å². The van der Waals surface area contributed by atoms with Crippen LogP contribution in [0.15, 0.2) is 24.3 Å². The van der Waals surface area contributed by atoms with Gasteiger partial charge in [-0.2, -0.15) is 0 Å². The second kappa shape index (κ2) is 5.44. The summed E-state index contributed by atoms with van der Waals surface area (Å²) in [5.41, 5.74) is 1.14. The molecule has 2 aliphatic rings. The first-order valence-corrected chi connectivity index (χ1v) is 7.51. The lowest BCUT2D eigenvalue weighted by Gasteiger charge is -2.38. The van der Waals surface area contributed by atoms with Crippen molar-refractivity contribution in [3.05, 3.63) is 29.8 Å². The molecule has 1 aliphatic heterocycles. The van der Waals surface area contributed by atoms with Gasteiger partial charge in [0.05, 0.1) is 12.6 Å². The van der Waals surface area contributed by atoms with Gasteiger partial charge in [-0.15, -0.1) is 0 Å². The van der Waals surface area contributed by atoms with E-state index in [1.54, 1.807) is 0 Å². The van der Waals surface area contributed by atoms with E-state index in [1.165, 1.54) is 6.42 Å². The highest BCUT2D eigenvalue weighted by Gasteiger charge is 2.42. The van der Waals surface area contributed by atoms with E-state index in [-0.39, 0.29) is 18.1 Å². The normalized spacial score (nSPS) is 26.7. The number of hydrogen-bond acceptors (Lipinski definition) is 3. The predicted molar refractivity (Wildman–Crippen MR) is 77.4 cm³/mol. The molecule has 1 amide bonds. The summed E-state index contributed by atoms with van der Waals surface area (Å²) in [6, 6.07) is 8.39. The van der Waals surface area contributed by atoms with Gasteiger partial charge < -0.3 is 9.64 Å². The Morgan fingerprint density at radius 3 is 2.55 bits per heavy atom. The van der Waals surface area contributed by atoms with Gasteiger partial charge in [0.15, 0.2) is 0 Å². The molecule has 0 bridgehead atoms. The van der Waals surface area contributed by atoms with Crippen LogP contribution in [0.1, 0.15) is 44.8 Å². The van der Waals surface area contributed by atoms with Gasteiger partial charge in [0, 0.05) is 6.04 Å². The number of amides is 1. The summed E-state index contributed by atoms with van der Waals surface area (Å²) in [7, 11) is 0. The fourth-order valence-electron chi connectivity index (χ4n) is 2.96. The standard InChI is InChI=1S/C16H22N2O2/c1-3-20-14-9-7-12(8-10-14)15-17-11(2)16(19)18(15)13-5-4-6-13/h7-11,13,15,17H,3-6H2,1-2H3. The summed E-state index contributed by atoms with van der Waals surface area (Å²) in [4.78, 5) is 14.4. The number of nitrogens with zero attached hydrogens (tertiary/aromatic N) is 1. The number of carbonyl (C=O) groups excluding carboxylic acids is 1. The number of carbonyl (C=O) groups is 1. The number of ether oxygens (including phenoxy) is 1. The first-order valence-electron chi connectivity index (χ1n) is 7.51. The first kappa shape index (κ1) is 13.4. The van der Waals surface area contributed by atoms with Crippen molar-refractivity contribution in [1.82, 2.24) is 10.2 Å². The molecule has 108 valence electrons. The fraction of sp³-hybridized carbons (Fsp3) is 0.562. The smallest absolute Gasteiger partial charge is 0.241 e. The summed E-state index contributed by atoms with van der Waals surface area (Å²) in [6.45, 7) is 4.60. The molecule has 1 heterocycles. The minimum Gasteiger partial charge on any atom is -0.494 e. The number of rotatable bonds is 4. The van der Waals surface area contributed by atoms with Crippen LogP contribution in [-0.2, 0) is 4.79 Å². The van der Waals surface area contributed by atoms with Crippen LogP contribution in [0, 0.1) is 0 Å². The summed E-state index contributed by atoms with van der Waals surface area (Å²) in [5, 5.41) is 3.41. The first-order chi connectivity index (χ1) is 9.70. The second-order valence-electron chi connectivity index (χ2n) is 5.62. The van der Waals surface area contributed by atoms with Crippen molar-refractivity contribution in [2.24, 2.45) is 0 Å². The molecule has 2 fully saturated rings. The zero-order chi connectivity index (χ0) is 14.1. The van der Waals surface area contributed by atoms with Crippen LogP contribution in [-0.4, -0.2) is 29.5 Å². The van der Waals surface area contributed by atoms with E-state index in [9.17, 15) is 4.79 Å². The maximum atomic E-state index is 12.3. The maximum absolute atomic E-state index is 12.3. The second-order valence-corrected chi connectivity index (χ2v) is 5.62. The summed E-state index contributed by atoms with van der Waals surface area (Å²) in [6.07, 6.45) is 3.51. The average Bonchev–Trinajstić information content (AvgIpc) is 2.67. The lowest BCUT2D eigenvalue weighted by molar-refractivity contribution is -0.133. The summed E-state index contributed by atoms with van der Waals surface area (Å²) >= 11 is 0. The molecule has 1 aromatic carbocycles. The van der Waals surface area contributed by atoms with Crippen molar-refractivity contribution >= 4 is 5.91 Å². The van der Waals surface area contributed by atoms with Crippen LogP contribution in [0.3, 0.4) is 0 Å². The van der Waals surface area contributed by atoms with Gasteiger partial charge >= 0.3 is 0 Å². The Labute approximate surface area is 120 Å². The largest absolute Gasteiger partial charge is 0.494 e. The summed E-state index contributed by atoms with van der Waals surface area (Å²) in [5.74, 6) is 1.11. The van der Waals surface area contributed by atoms with Gasteiger partial charge in [0.2, 0.25) is 5.91 Å². The van der Waals surface area contributed by atoms with Crippen LogP contribution in [0.5, 0.6) is 5.75 Å². The predicted octanol–water partition coefficient (Wildman–Crippen LogP) is 2.46. The van der Waals surface area contributed by atoms with Crippen LogP contribution in [0.2, 0.25) is 0 Å². The van der Waals surface area contributed by atoms with Crippen molar-refractivity contribution in [1.29, 1.82) is 0 Å². The van der Waals surface area contributed by atoms with E-state index in [1.807, 2.05) is 30.9 Å². The summed E-state index contributed by atoms with van der Waals surface area (Å²) < 4.78 is 5.47. The van der Waals surface area contributed by atoms with Crippen LogP contribution in [0.4, 0.5) is 0 Å². The lowest BCUT2D eigenvalue weighted by atomic mass is 9.90. The van der Waals surface area contributed by atoms with Crippen molar-refractivity contribution < 1.29 is 9.53 Å². The van der Waals surface area contributed by atoms with Crippen LogP contribution < -0.4 is 10.1 Å². The minimum atomic E-state index is -0.0906. The molecule has 1 saturated carbocycles. The topological polar surface area (TPSA) is 41.6 Å². The average molecular weight is 274 g/mol. The molecule has 1 N–H and O–H groups in total. The van der Waals surface area contributed by atoms with Crippen LogP contribution >= 0.6 is 0 Å². The van der Waals surface area contributed by atoms with Crippen molar-refractivity contribution in [3.8, 4) is 5.75 Å². The van der Waals surface area contributed by atoms with E-state index < -0.39 is 0 Å². The molecule has 4 nitrogen and oxygen atoms in total. The Bertz CT molecular complexity index is 482. The van der Waals surface area contributed by atoms with Gasteiger partial charge in [-0.3, -0.25) is 10.1 Å². The maximum Gasteiger partial charge on any atom is 0.241 e. The molecule has 1 aliphatic carbocycles. The molecule has 0 radical (unpaired) electrons. The van der Waals surface area contributed by atoms with Crippen molar-refractivity contribution in [3.63, 3.8) is 0 Å². The van der Waals surface area contributed by atoms with Gasteiger partial charge in [-0.05, 0) is 50.8 Å². The third-order valence-electron chi connectivity index (χ3n) is 4.29. The molecule has 1 aromatic rings. The quantitative estimate of drug-likeness (QED) is 0.917.